The lowest BCUT2D eigenvalue weighted by Crippen LogP contribution is -2.54. The van der Waals surface area contributed by atoms with E-state index in [0.717, 1.165) is 0 Å². The number of aromatic nitrogens is 2. The number of benzene rings is 1. The number of amides is 1. The van der Waals surface area contributed by atoms with E-state index in [9.17, 15) is 19.1 Å². The van der Waals surface area contributed by atoms with Crippen molar-refractivity contribution in [2.75, 3.05) is 32.2 Å². The van der Waals surface area contributed by atoms with Gasteiger partial charge >= 0.3 is 5.97 Å². The summed E-state index contributed by atoms with van der Waals surface area (Å²) >= 11 is 0. The van der Waals surface area contributed by atoms with Crippen molar-refractivity contribution >= 4 is 17.6 Å². The van der Waals surface area contributed by atoms with E-state index in [4.69, 9.17) is 9.47 Å². The van der Waals surface area contributed by atoms with Crippen LogP contribution in [-0.4, -0.2) is 59.2 Å². The molecule has 0 aliphatic rings. The van der Waals surface area contributed by atoms with Crippen molar-refractivity contribution in [2.45, 2.75) is 39.0 Å². The summed E-state index contributed by atoms with van der Waals surface area (Å²) < 4.78 is 25.0. The van der Waals surface area contributed by atoms with Gasteiger partial charge in [0.2, 0.25) is 5.91 Å². The van der Waals surface area contributed by atoms with Crippen LogP contribution >= 0.6 is 0 Å². The van der Waals surface area contributed by atoms with Crippen molar-refractivity contribution in [3.63, 3.8) is 0 Å². The van der Waals surface area contributed by atoms with E-state index < -0.39 is 29.3 Å². The van der Waals surface area contributed by atoms with E-state index in [2.05, 4.69) is 15.7 Å². The van der Waals surface area contributed by atoms with E-state index >= 15 is 0 Å². The Bertz CT molecular complexity index is 902. The molecule has 170 valence electrons. The largest absolute Gasteiger partial charge is 0.461 e. The summed E-state index contributed by atoms with van der Waals surface area (Å²) in [6.07, 6.45) is -0.953. The van der Waals surface area contributed by atoms with E-state index in [1.165, 1.54) is 43.0 Å². The number of ether oxygens (including phenoxy) is 2. The molecule has 2 aromatic rings. The molecule has 0 aliphatic heterocycles. The molecule has 31 heavy (non-hydrogen) atoms. The Labute approximate surface area is 180 Å². The van der Waals surface area contributed by atoms with E-state index in [1.54, 1.807) is 19.9 Å². The Morgan fingerprint density at radius 2 is 2.10 bits per heavy atom. The number of hydrogen-bond donors (Lipinski definition) is 3. The molecule has 0 spiro atoms. The minimum atomic E-state index is -1.30. The second-order valence-corrected chi connectivity index (χ2v) is 7.22. The SMILES string of the molecule is CCOC(=O)c1cc(C(C)O)n(CC(C)(Nc2cccc(F)c2)C(=O)NCCOC)n1. The first-order valence-electron chi connectivity index (χ1n) is 9.94. The fourth-order valence-corrected chi connectivity index (χ4v) is 3.01. The van der Waals surface area contributed by atoms with Gasteiger partial charge in [-0.25, -0.2) is 9.18 Å². The van der Waals surface area contributed by atoms with Crippen molar-refractivity contribution in [3.05, 3.63) is 47.5 Å². The molecule has 0 aliphatic carbocycles. The normalized spacial score (nSPS) is 13.9. The van der Waals surface area contributed by atoms with Crippen LogP contribution in [0, 0.1) is 5.82 Å². The number of rotatable bonds is 11. The maximum Gasteiger partial charge on any atom is 0.358 e. The summed E-state index contributed by atoms with van der Waals surface area (Å²) in [5.74, 6) is -1.48. The Balaban J connectivity index is 2.39. The predicted molar refractivity (Wildman–Crippen MR) is 112 cm³/mol. The number of carbonyl (C=O) groups is 2. The van der Waals surface area contributed by atoms with E-state index in [0.29, 0.717) is 18.0 Å². The standard InChI is InChI=1S/C21H29FN4O5/c1-5-31-19(28)17-12-18(14(2)27)26(25-17)13-21(3,20(29)23-9-10-30-4)24-16-8-6-7-15(22)11-16/h6-8,11-12,14,24,27H,5,9-10,13H2,1-4H3,(H,23,29). The monoisotopic (exact) mass is 436 g/mol. The molecule has 3 N–H and O–H groups in total. The summed E-state index contributed by atoms with van der Waals surface area (Å²) in [6.45, 7) is 5.53. The minimum Gasteiger partial charge on any atom is -0.461 e. The average Bonchev–Trinajstić information content (AvgIpc) is 3.12. The summed E-state index contributed by atoms with van der Waals surface area (Å²) in [5, 5.41) is 20.2. The molecule has 1 aromatic heterocycles. The Kier molecular flexibility index (Phi) is 8.52. The van der Waals surface area contributed by atoms with Crippen LogP contribution in [0.5, 0.6) is 0 Å². The zero-order valence-electron chi connectivity index (χ0n) is 18.1. The van der Waals surface area contributed by atoms with Crippen LogP contribution in [0.4, 0.5) is 10.1 Å². The average molecular weight is 436 g/mol. The number of aliphatic hydroxyl groups excluding tert-OH is 1. The van der Waals surface area contributed by atoms with Gasteiger partial charge in [0.25, 0.3) is 0 Å². The van der Waals surface area contributed by atoms with Crippen molar-refractivity contribution < 1.29 is 28.6 Å². The second-order valence-electron chi connectivity index (χ2n) is 7.22. The van der Waals surface area contributed by atoms with Gasteiger partial charge in [0.05, 0.1) is 31.6 Å². The summed E-state index contributed by atoms with van der Waals surface area (Å²) in [6, 6.07) is 7.14. The Hall–Kier alpha value is -2.98. The number of aliphatic hydroxyl groups is 1. The summed E-state index contributed by atoms with van der Waals surface area (Å²) in [7, 11) is 1.52. The maximum absolute atomic E-state index is 13.7. The van der Waals surface area contributed by atoms with Crippen LogP contribution in [0.15, 0.2) is 30.3 Å². The molecule has 0 radical (unpaired) electrons. The fraction of sp³-hybridized carbons (Fsp3) is 0.476. The Morgan fingerprint density at radius 1 is 1.35 bits per heavy atom. The maximum atomic E-state index is 13.7. The van der Waals surface area contributed by atoms with Crippen LogP contribution in [0.3, 0.4) is 0 Å². The summed E-state index contributed by atoms with van der Waals surface area (Å²) in [4.78, 5) is 25.1. The lowest BCUT2D eigenvalue weighted by atomic mass is 10.00. The van der Waals surface area contributed by atoms with Gasteiger partial charge in [-0.05, 0) is 45.0 Å². The molecule has 1 amide bonds. The first kappa shape index (κ1) is 24.3. The van der Waals surface area contributed by atoms with E-state index in [1.807, 2.05) is 0 Å². The van der Waals surface area contributed by atoms with Crippen molar-refractivity contribution in [3.8, 4) is 0 Å². The number of nitrogens with zero attached hydrogens (tertiary/aromatic N) is 2. The van der Waals surface area contributed by atoms with Gasteiger partial charge in [0, 0.05) is 19.3 Å². The quantitative estimate of drug-likeness (QED) is 0.364. The highest BCUT2D eigenvalue weighted by Gasteiger charge is 2.35. The third-order valence-electron chi connectivity index (χ3n) is 4.53. The zero-order chi connectivity index (χ0) is 23.0. The molecule has 1 aromatic carbocycles. The smallest absolute Gasteiger partial charge is 0.358 e. The molecular weight excluding hydrogens is 407 g/mol. The Morgan fingerprint density at radius 3 is 2.71 bits per heavy atom. The lowest BCUT2D eigenvalue weighted by Gasteiger charge is -2.31. The van der Waals surface area contributed by atoms with Gasteiger partial charge in [-0.1, -0.05) is 6.07 Å². The van der Waals surface area contributed by atoms with Crippen molar-refractivity contribution in [2.24, 2.45) is 0 Å². The fourth-order valence-electron chi connectivity index (χ4n) is 3.01. The molecule has 2 unspecified atom stereocenters. The molecule has 0 bridgehead atoms. The van der Waals surface area contributed by atoms with E-state index in [-0.39, 0.29) is 25.4 Å². The first-order valence-corrected chi connectivity index (χ1v) is 9.94. The van der Waals surface area contributed by atoms with Gasteiger partial charge < -0.3 is 25.2 Å². The summed E-state index contributed by atoms with van der Waals surface area (Å²) in [5.41, 5.74) is -0.560. The third-order valence-corrected chi connectivity index (χ3v) is 4.53. The molecule has 10 heteroatoms. The van der Waals surface area contributed by atoms with Gasteiger partial charge in [-0.15, -0.1) is 0 Å². The van der Waals surface area contributed by atoms with Crippen LogP contribution in [-0.2, 0) is 20.8 Å². The molecule has 1 heterocycles. The topological polar surface area (TPSA) is 115 Å². The predicted octanol–water partition coefficient (Wildman–Crippen LogP) is 1.89. The van der Waals surface area contributed by atoms with Crippen LogP contribution in [0.1, 0.15) is 43.1 Å². The van der Waals surface area contributed by atoms with Gasteiger partial charge in [-0.2, -0.15) is 5.10 Å². The lowest BCUT2D eigenvalue weighted by molar-refractivity contribution is -0.125. The second kappa shape index (κ2) is 10.9. The molecular formula is C21H29FN4O5. The van der Waals surface area contributed by atoms with Crippen LogP contribution < -0.4 is 10.6 Å². The number of anilines is 1. The molecule has 0 saturated carbocycles. The van der Waals surface area contributed by atoms with Crippen LogP contribution in [0.25, 0.3) is 0 Å². The third kappa shape index (κ3) is 6.50. The number of hydrogen-bond acceptors (Lipinski definition) is 7. The molecule has 2 atom stereocenters. The highest BCUT2D eigenvalue weighted by molar-refractivity contribution is 5.89. The van der Waals surface area contributed by atoms with Crippen molar-refractivity contribution in [1.29, 1.82) is 0 Å². The first-order chi connectivity index (χ1) is 14.7. The van der Waals surface area contributed by atoms with Crippen molar-refractivity contribution in [1.82, 2.24) is 15.1 Å². The number of carbonyl (C=O) groups excluding carboxylic acids is 2. The van der Waals surface area contributed by atoms with Gasteiger partial charge in [-0.3, -0.25) is 9.48 Å². The molecule has 0 saturated heterocycles. The van der Waals surface area contributed by atoms with Gasteiger partial charge in [0.15, 0.2) is 5.69 Å². The number of nitrogens with one attached hydrogen (secondary N) is 2. The van der Waals surface area contributed by atoms with Gasteiger partial charge in [0.1, 0.15) is 11.4 Å². The molecule has 9 nitrogen and oxygen atoms in total. The number of esters is 1. The molecule has 2 rings (SSSR count). The number of halogens is 1. The minimum absolute atomic E-state index is 0.0191. The number of methoxy groups -OCH3 is 1. The highest BCUT2D eigenvalue weighted by atomic mass is 19.1. The molecule has 0 fully saturated rings. The zero-order valence-corrected chi connectivity index (χ0v) is 18.1. The highest BCUT2D eigenvalue weighted by Crippen LogP contribution is 2.22. The van der Waals surface area contributed by atoms with Crippen LogP contribution in [0.2, 0.25) is 0 Å².